The van der Waals surface area contributed by atoms with Crippen LogP contribution in [0.25, 0.3) is 0 Å². The van der Waals surface area contributed by atoms with E-state index in [9.17, 15) is 0 Å². The van der Waals surface area contributed by atoms with Gasteiger partial charge in [-0.25, -0.2) is 0 Å². The molecule has 16 heteroatoms. The van der Waals surface area contributed by atoms with Gasteiger partial charge in [-0.3, -0.25) is 0 Å². The molecule has 0 unspecified atom stereocenters. The third-order valence-electron chi connectivity index (χ3n) is 5.76. The van der Waals surface area contributed by atoms with Crippen molar-refractivity contribution in [3.05, 3.63) is 182 Å². The SMILES string of the molecule is [Bi+3].[S-][P+]([S-])(Oc1ccccc1)Oc1ccccc1.[S-][P+]([S-])(Oc1ccccc1)Oc1ccccc1.[S-][P+]([S-])(Oc1ccccc1)Oc1ccccc1. The van der Waals surface area contributed by atoms with Gasteiger partial charge in [0, 0.05) is 0 Å². The number of benzene rings is 6. The molecule has 0 fully saturated rings. The van der Waals surface area contributed by atoms with Crippen molar-refractivity contribution in [1.29, 1.82) is 0 Å². The van der Waals surface area contributed by atoms with E-state index in [-0.39, 0.29) is 26.2 Å². The third kappa shape index (κ3) is 18.6. The summed E-state index contributed by atoms with van der Waals surface area (Å²) in [5, 5.41) is 0. The molecule has 0 saturated carbocycles. The zero-order chi connectivity index (χ0) is 36.4. The van der Waals surface area contributed by atoms with Crippen molar-refractivity contribution in [3.8, 4) is 34.5 Å². The number of para-hydroxylation sites is 6. The van der Waals surface area contributed by atoms with Gasteiger partial charge >= 0.3 is 26.2 Å². The zero-order valence-corrected chi connectivity index (χ0v) is 38.1. The Labute approximate surface area is 358 Å². The van der Waals surface area contributed by atoms with Crippen LogP contribution in [0.15, 0.2) is 182 Å². The Morgan fingerprint density at radius 2 is 0.346 bits per heavy atom. The number of hydrogen-bond acceptors (Lipinski definition) is 12. The van der Waals surface area contributed by atoms with E-state index in [1.54, 1.807) is 0 Å². The fraction of sp³-hybridized carbons (Fsp3) is 0. The van der Waals surface area contributed by atoms with Gasteiger partial charge in [0.05, 0.1) is 0 Å². The smallest absolute Gasteiger partial charge is 0.496 e. The predicted octanol–water partition coefficient (Wildman–Crippen LogP) is 11.4. The molecule has 0 aromatic heterocycles. The van der Waals surface area contributed by atoms with Crippen molar-refractivity contribution in [2.75, 3.05) is 0 Å². The Hall–Kier alpha value is -1.61. The first-order valence-corrected chi connectivity index (χ1v) is 25.8. The summed E-state index contributed by atoms with van der Waals surface area (Å²) in [6.45, 7) is 0. The molecule has 0 aliphatic rings. The molecule has 266 valence electrons. The van der Waals surface area contributed by atoms with Gasteiger partial charge in [-0.05, 0) is 72.8 Å². The summed E-state index contributed by atoms with van der Waals surface area (Å²) in [5.41, 5.74) is 0. The Bertz CT molecular complexity index is 1480. The van der Waals surface area contributed by atoms with Crippen molar-refractivity contribution < 1.29 is 27.1 Å². The fourth-order valence-corrected chi connectivity index (χ4v) is 9.21. The molecule has 0 spiro atoms. The summed E-state index contributed by atoms with van der Waals surface area (Å²) in [7, 11) is 0. The Morgan fingerprint density at radius 3 is 0.462 bits per heavy atom. The summed E-state index contributed by atoms with van der Waals surface area (Å²) >= 11 is 31.1. The van der Waals surface area contributed by atoms with Crippen LogP contribution in [0.5, 0.6) is 34.5 Å². The molecule has 0 aliphatic carbocycles. The van der Waals surface area contributed by atoms with E-state index >= 15 is 0 Å². The van der Waals surface area contributed by atoms with E-state index < -0.39 is 18.4 Å². The zero-order valence-electron chi connectivity index (χ0n) is 27.0. The van der Waals surface area contributed by atoms with E-state index in [1.807, 2.05) is 182 Å². The molecule has 6 aromatic carbocycles. The van der Waals surface area contributed by atoms with Gasteiger partial charge in [0.1, 0.15) is 18.4 Å². The first-order valence-electron chi connectivity index (χ1n) is 14.9. The Morgan fingerprint density at radius 1 is 0.231 bits per heavy atom. The first kappa shape index (κ1) is 44.8. The molecule has 0 saturated heterocycles. The van der Waals surface area contributed by atoms with Crippen molar-refractivity contribution in [3.63, 3.8) is 0 Å². The van der Waals surface area contributed by atoms with Crippen molar-refractivity contribution in [2.24, 2.45) is 0 Å². The van der Waals surface area contributed by atoms with Crippen LogP contribution in [0.4, 0.5) is 0 Å². The second-order valence-corrected chi connectivity index (χ2v) is 24.3. The van der Waals surface area contributed by atoms with E-state index in [0.29, 0.717) is 34.5 Å². The van der Waals surface area contributed by atoms with Crippen molar-refractivity contribution in [1.82, 2.24) is 0 Å². The van der Waals surface area contributed by atoms with E-state index in [2.05, 4.69) is 0 Å². The second kappa shape index (κ2) is 23.3. The quantitative estimate of drug-likeness (QED) is 0.0667. The average molecular weight is 1050 g/mol. The van der Waals surface area contributed by atoms with E-state index in [0.717, 1.165) is 0 Å². The maximum absolute atomic E-state index is 5.52. The average Bonchev–Trinajstić information content (AvgIpc) is 3.10. The van der Waals surface area contributed by atoms with Gasteiger partial charge in [0.15, 0.2) is 34.5 Å². The molecule has 0 N–H and O–H groups in total. The minimum Gasteiger partial charge on any atom is -0.496 e. The summed E-state index contributed by atoms with van der Waals surface area (Å²) in [5.74, 6) is 3.84. The molecule has 6 aromatic rings. The van der Waals surface area contributed by atoms with E-state index in [4.69, 9.17) is 101 Å². The van der Waals surface area contributed by atoms with Gasteiger partial charge in [-0.2, -0.15) is 0 Å². The maximum Gasteiger partial charge on any atom is 3.00 e. The van der Waals surface area contributed by atoms with E-state index in [1.165, 1.54) is 0 Å². The Balaban J connectivity index is 0.000000208. The van der Waals surface area contributed by atoms with Crippen LogP contribution in [-0.2, 0) is 73.5 Å². The standard InChI is InChI=1S/3C12H11O2PS2.Bi/c3*16-15(17,13-11-7-3-1-4-8-11)14-12-9-5-2-6-10-12;/h3*1-10H,(H,16,17);/q;;;+3/p-3. The molecule has 0 bridgehead atoms. The van der Waals surface area contributed by atoms with Gasteiger partial charge in [0.2, 0.25) is 0 Å². The van der Waals surface area contributed by atoms with Crippen molar-refractivity contribution >= 4 is 118 Å². The van der Waals surface area contributed by atoms with Crippen LogP contribution in [0.2, 0.25) is 0 Å². The monoisotopic (exact) mass is 1050 g/mol. The predicted molar refractivity (Wildman–Crippen MR) is 233 cm³/mol. The molecule has 0 aliphatic heterocycles. The molecular formula is C36H30BiO6P3S6. The number of rotatable bonds is 12. The van der Waals surface area contributed by atoms with Crippen LogP contribution < -0.4 is 27.1 Å². The largest absolute Gasteiger partial charge is 3.00 e. The van der Waals surface area contributed by atoms with Crippen LogP contribution in [-0.4, -0.2) is 26.2 Å². The van der Waals surface area contributed by atoms with Crippen LogP contribution >= 0.6 is 18.4 Å². The minimum absolute atomic E-state index is 0. The Kier molecular flexibility index (Phi) is 20.1. The molecular weight excluding hydrogens is 1020 g/mol. The third-order valence-corrected chi connectivity index (χ3v) is 11.1. The van der Waals surface area contributed by atoms with Gasteiger partial charge < -0.3 is 101 Å². The van der Waals surface area contributed by atoms with Crippen LogP contribution in [0.3, 0.4) is 0 Å². The molecule has 2 radical (unpaired) electrons. The summed E-state index contributed by atoms with van der Waals surface area (Å²) in [4.78, 5) is 0. The molecule has 6 rings (SSSR count). The van der Waals surface area contributed by atoms with Crippen molar-refractivity contribution in [2.45, 2.75) is 0 Å². The summed E-state index contributed by atoms with van der Waals surface area (Å²) in [6, 6.07) is 55.5. The fourth-order valence-electron chi connectivity index (χ4n) is 3.72. The summed E-state index contributed by atoms with van der Waals surface area (Å²) < 4.78 is 33.1. The molecule has 52 heavy (non-hydrogen) atoms. The minimum atomic E-state index is -2.72. The normalized spacial score (nSPS) is 10.7. The topological polar surface area (TPSA) is 55.4 Å². The number of hydrogen-bond donors (Lipinski definition) is 0. The van der Waals surface area contributed by atoms with Crippen LogP contribution in [0, 0.1) is 0 Å². The molecule has 6 nitrogen and oxygen atoms in total. The molecule has 0 atom stereocenters. The van der Waals surface area contributed by atoms with Gasteiger partial charge in [-0.1, -0.05) is 109 Å². The molecule has 0 amide bonds. The summed E-state index contributed by atoms with van der Waals surface area (Å²) in [6.07, 6.45) is -8.16. The van der Waals surface area contributed by atoms with Gasteiger partial charge in [0.25, 0.3) is 0 Å². The second-order valence-electron chi connectivity index (χ2n) is 9.77. The first-order chi connectivity index (χ1) is 24.5. The van der Waals surface area contributed by atoms with Gasteiger partial charge in [-0.15, -0.1) is 0 Å². The maximum atomic E-state index is 5.52. The molecule has 0 heterocycles. The van der Waals surface area contributed by atoms with Crippen LogP contribution in [0.1, 0.15) is 0 Å².